The van der Waals surface area contributed by atoms with Gasteiger partial charge in [-0.1, -0.05) is 66.5 Å². The molecule has 48 heavy (non-hydrogen) atoms. The predicted molar refractivity (Wildman–Crippen MR) is 194 cm³/mol. The van der Waals surface area contributed by atoms with Gasteiger partial charge in [0, 0.05) is 33.5 Å². The zero-order chi connectivity index (χ0) is 34.7. The van der Waals surface area contributed by atoms with Crippen molar-refractivity contribution in [1.29, 1.82) is 0 Å². The molecule has 2 fully saturated rings. The van der Waals surface area contributed by atoms with Crippen molar-refractivity contribution < 1.29 is 23.5 Å². The molecule has 2 aliphatic rings. The Morgan fingerprint density at radius 3 is 2.46 bits per heavy atom. The third kappa shape index (κ3) is 8.38. The van der Waals surface area contributed by atoms with E-state index >= 15 is 0 Å². The van der Waals surface area contributed by atoms with Crippen molar-refractivity contribution in [2.75, 3.05) is 7.11 Å². The molecule has 1 N–H and O–H groups in total. The van der Waals surface area contributed by atoms with E-state index < -0.39 is 0 Å². The fourth-order valence-corrected chi connectivity index (χ4v) is 8.23. The van der Waals surface area contributed by atoms with Crippen LogP contribution in [-0.4, -0.2) is 36.5 Å². The highest BCUT2D eigenvalue weighted by Crippen LogP contribution is 2.47. The predicted octanol–water partition coefficient (Wildman–Crippen LogP) is 10.8. The number of nitrogens with zero attached hydrogens (tertiary/aromatic N) is 1. The second kappa shape index (κ2) is 15.9. The van der Waals surface area contributed by atoms with E-state index in [2.05, 4.69) is 38.2 Å². The van der Waals surface area contributed by atoms with Crippen molar-refractivity contribution in [3.05, 3.63) is 73.4 Å². The van der Waals surface area contributed by atoms with E-state index in [-0.39, 0.29) is 24.2 Å². The summed E-state index contributed by atoms with van der Waals surface area (Å²) in [5.74, 6) is 2.34. The molecule has 2 saturated carbocycles. The van der Waals surface area contributed by atoms with Crippen molar-refractivity contribution in [1.82, 2.24) is 10.5 Å². The monoisotopic (exact) mass is 714 g/mol. The number of rotatable bonds is 13. The zero-order valence-electron chi connectivity index (χ0n) is 29.2. The van der Waals surface area contributed by atoms with Gasteiger partial charge < -0.3 is 24.1 Å². The average Bonchev–Trinajstić information content (AvgIpc) is 3.81. The number of nitrogens with one attached hydrogen (secondary N) is 1. The SMILES string of the molecule is CCC1CC(OCc2c(-c3c(Cl)cccc3Cl)noc2C2CC2)CC(C)C1NC(Sc1cc(C(=O)OC)cc(OC(C)C)c1C)=C(C)C. The van der Waals surface area contributed by atoms with Crippen LogP contribution in [0.4, 0.5) is 0 Å². The number of carbonyl (C=O) groups excluding carboxylic acids is 1. The van der Waals surface area contributed by atoms with Crippen LogP contribution in [0, 0.1) is 18.8 Å². The van der Waals surface area contributed by atoms with E-state index in [1.54, 1.807) is 17.8 Å². The summed E-state index contributed by atoms with van der Waals surface area (Å²) >= 11 is 14.8. The second-order valence-electron chi connectivity index (χ2n) is 13.7. The van der Waals surface area contributed by atoms with E-state index in [1.807, 2.05) is 45.0 Å². The normalized spacial score (nSPS) is 20.9. The van der Waals surface area contributed by atoms with Crippen LogP contribution in [0.3, 0.4) is 0 Å². The Balaban J connectivity index is 1.32. The van der Waals surface area contributed by atoms with E-state index in [0.29, 0.717) is 57.0 Å². The maximum atomic E-state index is 12.6. The summed E-state index contributed by atoms with van der Waals surface area (Å²) in [6.07, 6.45) is 5.13. The van der Waals surface area contributed by atoms with Crippen LogP contribution in [0.5, 0.6) is 5.75 Å². The molecule has 4 unspecified atom stereocenters. The Labute approximate surface area is 299 Å². The number of benzene rings is 2. The molecule has 3 aromatic rings. The van der Waals surface area contributed by atoms with Crippen LogP contribution in [0.2, 0.25) is 10.0 Å². The van der Waals surface area contributed by atoms with E-state index in [1.165, 1.54) is 12.7 Å². The van der Waals surface area contributed by atoms with Gasteiger partial charge >= 0.3 is 5.97 Å². The highest BCUT2D eigenvalue weighted by atomic mass is 35.5. The van der Waals surface area contributed by atoms with E-state index in [0.717, 1.165) is 58.9 Å². The first-order valence-corrected chi connectivity index (χ1v) is 18.5. The lowest BCUT2D eigenvalue weighted by Gasteiger charge is -2.41. The number of thioether (sulfide) groups is 1. The van der Waals surface area contributed by atoms with Gasteiger partial charge in [-0.05, 0) is 102 Å². The highest BCUT2D eigenvalue weighted by Gasteiger charge is 2.38. The van der Waals surface area contributed by atoms with Crippen LogP contribution < -0.4 is 10.1 Å². The standard InChI is InChI=1S/C38H48Cl2N2O5S/c1-9-24-16-27(45-19-28-35(42-47-36(28)25-13-14-25)33-29(39)11-10-12-30(33)40)15-22(6)34(24)41-37(20(2)3)48-32-18-26(38(43)44-8)17-31(23(32)7)46-21(4)5/h10-12,17-18,21-22,24-25,27,34,41H,9,13-16,19H2,1-8H3. The van der Waals surface area contributed by atoms with Crippen molar-refractivity contribution in [3.8, 4) is 17.0 Å². The summed E-state index contributed by atoms with van der Waals surface area (Å²) in [5, 5.41) is 10.6. The van der Waals surface area contributed by atoms with Gasteiger partial charge in [-0.3, -0.25) is 0 Å². The molecule has 5 rings (SSSR count). The van der Waals surface area contributed by atoms with Crippen molar-refractivity contribution >= 4 is 40.9 Å². The van der Waals surface area contributed by atoms with Gasteiger partial charge in [0.15, 0.2) is 0 Å². The maximum Gasteiger partial charge on any atom is 0.338 e. The Morgan fingerprint density at radius 1 is 1.15 bits per heavy atom. The Morgan fingerprint density at radius 2 is 1.85 bits per heavy atom. The number of esters is 1. The van der Waals surface area contributed by atoms with Gasteiger partial charge in [0.25, 0.3) is 0 Å². The van der Waals surface area contributed by atoms with E-state index in [4.69, 9.17) is 41.9 Å². The fourth-order valence-electron chi connectivity index (χ4n) is 6.59. The fraction of sp³-hybridized carbons (Fsp3) is 0.526. The Bertz CT molecular complexity index is 1630. The van der Waals surface area contributed by atoms with Gasteiger partial charge in [0.05, 0.1) is 46.6 Å². The van der Waals surface area contributed by atoms with Crippen LogP contribution in [0.15, 0.2) is 50.4 Å². The lowest BCUT2D eigenvalue weighted by molar-refractivity contribution is -0.0230. The summed E-state index contributed by atoms with van der Waals surface area (Å²) in [6.45, 7) is 15.2. The number of allylic oxidation sites excluding steroid dienone is 1. The molecule has 2 aliphatic carbocycles. The lowest BCUT2D eigenvalue weighted by atomic mass is 9.75. The maximum absolute atomic E-state index is 12.6. The van der Waals surface area contributed by atoms with Crippen LogP contribution in [0.1, 0.15) is 107 Å². The van der Waals surface area contributed by atoms with Gasteiger partial charge in [0.2, 0.25) is 0 Å². The summed E-state index contributed by atoms with van der Waals surface area (Å²) in [5.41, 5.74) is 4.99. The molecule has 0 saturated heterocycles. The first-order valence-electron chi connectivity index (χ1n) is 17.0. The summed E-state index contributed by atoms with van der Waals surface area (Å²) in [7, 11) is 1.40. The molecule has 0 radical (unpaired) electrons. The molecular formula is C38H48Cl2N2O5S. The highest BCUT2D eigenvalue weighted by molar-refractivity contribution is 8.03. The molecule has 1 heterocycles. The molecule has 7 nitrogen and oxygen atoms in total. The third-order valence-electron chi connectivity index (χ3n) is 9.34. The molecule has 2 aromatic carbocycles. The summed E-state index contributed by atoms with van der Waals surface area (Å²) < 4.78 is 23.7. The van der Waals surface area contributed by atoms with Crippen LogP contribution in [-0.2, 0) is 16.1 Å². The van der Waals surface area contributed by atoms with Crippen LogP contribution in [0.25, 0.3) is 11.3 Å². The van der Waals surface area contributed by atoms with Crippen molar-refractivity contribution in [2.45, 2.75) is 116 Å². The number of carbonyl (C=O) groups is 1. The largest absolute Gasteiger partial charge is 0.491 e. The number of ether oxygens (including phenoxy) is 3. The molecule has 10 heteroatoms. The topological polar surface area (TPSA) is 82.8 Å². The molecule has 0 aliphatic heterocycles. The lowest BCUT2D eigenvalue weighted by Crippen LogP contribution is -2.47. The van der Waals surface area contributed by atoms with Gasteiger partial charge in [-0.2, -0.15) is 0 Å². The summed E-state index contributed by atoms with van der Waals surface area (Å²) in [4.78, 5) is 13.5. The zero-order valence-corrected chi connectivity index (χ0v) is 31.6. The van der Waals surface area contributed by atoms with Crippen LogP contribution >= 0.6 is 35.0 Å². The first-order chi connectivity index (χ1) is 22.9. The summed E-state index contributed by atoms with van der Waals surface area (Å²) in [6, 6.07) is 9.43. The van der Waals surface area contributed by atoms with Gasteiger partial charge in [-0.25, -0.2) is 4.79 Å². The average molecular weight is 716 g/mol. The van der Waals surface area contributed by atoms with Crippen molar-refractivity contribution in [3.63, 3.8) is 0 Å². The van der Waals surface area contributed by atoms with E-state index in [9.17, 15) is 4.79 Å². The van der Waals surface area contributed by atoms with Crippen molar-refractivity contribution in [2.24, 2.45) is 11.8 Å². The Hall–Kier alpha value is -2.65. The molecular weight excluding hydrogens is 667 g/mol. The molecule has 0 amide bonds. The Kier molecular flexibility index (Phi) is 12.1. The molecule has 260 valence electrons. The minimum atomic E-state index is -0.382. The molecule has 1 aromatic heterocycles. The first kappa shape index (κ1) is 36.6. The number of aromatic nitrogens is 1. The molecule has 4 atom stereocenters. The number of methoxy groups -OCH3 is 1. The number of halogens is 2. The number of hydrogen-bond donors (Lipinski definition) is 1. The second-order valence-corrected chi connectivity index (χ2v) is 15.5. The molecule has 0 bridgehead atoms. The quantitative estimate of drug-likeness (QED) is 0.138. The van der Waals surface area contributed by atoms with Gasteiger partial charge in [-0.15, -0.1) is 0 Å². The van der Waals surface area contributed by atoms with Gasteiger partial charge in [0.1, 0.15) is 17.2 Å². The minimum absolute atomic E-state index is 0.0235. The molecule has 0 spiro atoms. The third-order valence-corrected chi connectivity index (χ3v) is 11.3. The minimum Gasteiger partial charge on any atom is -0.491 e. The smallest absolute Gasteiger partial charge is 0.338 e. The number of hydrogen-bond acceptors (Lipinski definition) is 8.